The van der Waals surface area contributed by atoms with Gasteiger partial charge < -0.3 is 5.73 Å². The summed E-state index contributed by atoms with van der Waals surface area (Å²) in [6.07, 6.45) is 0.532. The van der Waals surface area contributed by atoms with E-state index in [9.17, 15) is 4.39 Å². The molecule has 1 aromatic rings. The first-order chi connectivity index (χ1) is 6.52. The molecule has 0 aliphatic rings. The first-order valence-corrected chi connectivity index (χ1v) is 5.08. The maximum Gasteiger partial charge on any atom is 0.145 e. The number of nitrogens with two attached hydrogens (primary N) is 1. The zero-order valence-corrected chi connectivity index (χ0v) is 9.18. The summed E-state index contributed by atoms with van der Waals surface area (Å²) in [5.74, 6) is -0.00125. The van der Waals surface area contributed by atoms with Crippen LogP contribution in [0.4, 0.5) is 4.39 Å². The molecule has 0 radical (unpaired) electrons. The molecule has 0 amide bonds. The van der Waals surface area contributed by atoms with Crippen LogP contribution in [-0.4, -0.2) is 6.04 Å². The molecule has 1 unspecified atom stereocenters. The standard InChI is InChI=1S/C11H15ClFN/c1-7(2)10(14)6-8-4-3-5-9(12)11(8)13/h3-5,7,10H,6,14H2,1-2H3. The van der Waals surface area contributed by atoms with Crippen LogP contribution in [0.15, 0.2) is 18.2 Å². The Morgan fingerprint density at radius 2 is 2.07 bits per heavy atom. The van der Waals surface area contributed by atoms with Crippen LogP contribution in [-0.2, 0) is 6.42 Å². The van der Waals surface area contributed by atoms with Crippen LogP contribution in [0.2, 0.25) is 5.02 Å². The van der Waals surface area contributed by atoms with Gasteiger partial charge in [0.1, 0.15) is 5.82 Å². The highest BCUT2D eigenvalue weighted by molar-refractivity contribution is 6.30. The quantitative estimate of drug-likeness (QED) is 0.824. The number of halogens is 2. The van der Waals surface area contributed by atoms with Crippen LogP contribution < -0.4 is 5.73 Å². The van der Waals surface area contributed by atoms with E-state index < -0.39 is 0 Å². The summed E-state index contributed by atoms with van der Waals surface area (Å²) in [5.41, 5.74) is 6.45. The Bertz CT molecular complexity index is 312. The van der Waals surface area contributed by atoms with E-state index in [2.05, 4.69) is 0 Å². The van der Waals surface area contributed by atoms with Gasteiger partial charge in [0.25, 0.3) is 0 Å². The Morgan fingerprint density at radius 3 is 2.64 bits per heavy atom. The van der Waals surface area contributed by atoms with Gasteiger partial charge in [0.05, 0.1) is 5.02 Å². The van der Waals surface area contributed by atoms with Gasteiger partial charge in [-0.05, 0) is 24.0 Å². The molecule has 1 atom stereocenters. The average molecular weight is 216 g/mol. The Kier molecular flexibility index (Phi) is 3.90. The van der Waals surface area contributed by atoms with Crippen molar-refractivity contribution in [1.82, 2.24) is 0 Å². The van der Waals surface area contributed by atoms with E-state index in [1.165, 1.54) is 0 Å². The van der Waals surface area contributed by atoms with Crippen LogP contribution in [0, 0.1) is 11.7 Å². The topological polar surface area (TPSA) is 26.0 Å². The Labute approximate surface area is 89.1 Å². The van der Waals surface area contributed by atoms with Gasteiger partial charge in [-0.1, -0.05) is 37.6 Å². The first kappa shape index (κ1) is 11.5. The Hall–Kier alpha value is -0.600. The van der Waals surface area contributed by atoms with Crippen molar-refractivity contribution >= 4 is 11.6 Å². The van der Waals surface area contributed by atoms with E-state index in [1.807, 2.05) is 13.8 Å². The second kappa shape index (κ2) is 4.76. The SMILES string of the molecule is CC(C)C(N)Cc1cccc(Cl)c1F. The monoisotopic (exact) mass is 215 g/mol. The van der Waals surface area contributed by atoms with Crippen molar-refractivity contribution in [2.75, 3.05) is 0 Å². The van der Waals surface area contributed by atoms with E-state index in [1.54, 1.807) is 18.2 Å². The average Bonchev–Trinajstić information content (AvgIpc) is 2.12. The van der Waals surface area contributed by atoms with E-state index in [0.717, 1.165) is 0 Å². The molecule has 0 fully saturated rings. The maximum atomic E-state index is 13.4. The van der Waals surface area contributed by atoms with E-state index >= 15 is 0 Å². The first-order valence-electron chi connectivity index (χ1n) is 4.71. The van der Waals surface area contributed by atoms with Crippen molar-refractivity contribution in [2.24, 2.45) is 11.7 Å². The summed E-state index contributed by atoms with van der Waals surface area (Å²) in [4.78, 5) is 0. The fraction of sp³-hybridized carbons (Fsp3) is 0.455. The molecule has 14 heavy (non-hydrogen) atoms. The normalized spacial score (nSPS) is 13.3. The van der Waals surface area contributed by atoms with Crippen molar-refractivity contribution in [2.45, 2.75) is 26.3 Å². The van der Waals surface area contributed by atoms with Crippen molar-refractivity contribution in [3.8, 4) is 0 Å². The van der Waals surface area contributed by atoms with Gasteiger partial charge >= 0.3 is 0 Å². The smallest absolute Gasteiger partial charge is 0.145 e. The summed E-state index contributed by atoms with van der Waals surface area (Å²) < 4.78 is 13.4. The molecule has 0 aliphatic carbocycles. The minimum absolute atomic E-state index is 0.0250. The van der Waals surface area contributed by atoms with Gasteiger partial charge in [0.2, 0.25) is 0 Å². The predicted molar refractivity (Wildman–Crippen MR) is 57.9 cm³/mol. The van der Waals surface area contributed by atoms with Crippen molar-refractivity contribution < 1.29 is 4.39 Å². The van der Waals surface area contributed by atoms with Gasteiger partial charge in [-0.3, -0.25) is 0 Å². The summed E-state index contributed by atoms with van der Waals surface area (Å²) in [5, 5.41) is 0.165. The fourth-order valence-corrected chi connectivity index (χ4v) is 1.39. The third-order valence-electron chi connectivity index (χ3n) is 2.34. The van der Waals surface area contributed by atoms with Gasteiger partial charge in [-0.15, -0.1) is 0 Å². The maximum absolute atomic E-state index is 13.4. The highest BCUT2D eigenvalue weighted by atomic mass is 35.5. The molecule has 0 saturated carbocycles. The van der Waals surface area contributed by atoms with Crippen LogP contribution >= 0.6 is 11.6 Å². The molecule has 1 nitrogen and oxygen atoms in total. The van der Waals surface area contributed by atoms with Crippen LogP contribution in [0.3, 0.4) is 0 Å². The minimum atomic E-state index is -0.342. The molecule has 0 heterocycles. The summed E-state index contributed by atoms with van der Waals surface area (Å²) in [7, 11) is 0. The van der Waals surface area contributed by atoms with E-state index in [4.69, 9.17) is 17.3 Å². The molecular formula is C11H15ClFN. The van der Waals surface area contributed by atoms with E-state index in [-0.39, 0.29) is 16.9 Å². The molecular weight excluding hydrogens is 201 g/mol. The largest absolute Gasteiger partial charge is 0.327 e. The third-order valence-corrected chi connectivity index (χ3v) is 2.64. The summed E-state index contributed by atoms with van der Waals surface area (Å²) in [6, 6.07) is 4.99. The summed E-state index contributed by atoms with van der Waals surface area (Å²) in [6.45, 7) is 4.04. The molecule has 0 bridgehead atoms. The van der Waals surface area contributed by atoms with Crippen LogP contribution in [0.25, 0.3) is 0 Å². The third kappa shape index (κ3) is 2.69. The zero-order valence-electron chi connectivity index (χ0n) is 8.43. The number of hydrogen-bond donors (Lipinski definition) is 1. The molecule has 0 spiro atoms. The molecule has 3 heteroatoms. The van der Waals surface area contributed by atoms with Crippen molar-refractivity contribution in [3.63, 3.8) is 0 Å². The molecule has 0 saturated heterocycles. The zero-order chi connectivity index (χ0) is 10.7. The predicted octanol–water partition coefficient (Wildman–Crippen LogP) is 3.00. The molecule has 78 valence electrons. The second-order valence-electron chi connectivity index (χ2n) is 3.82. The molecule has 0 aromatic heterocycles. The van der Waals surface area contributed by atoms with Crippen LogP contribution in [0.5, 0.6) is 0 Å². The number of benzene rings is 1. The minimum Gasteiger partial charge on any atom is -0.327 e. The molecule has 1 rings (SSSR count). The molecule has 1 aromatic carbocycles. The van der Waals surface area contributed by atoms with Gasteiger partial charge in [0.15, 0.2) is 0 Å². The van der Waals surface area contributed by atoms with Gasteiger partial charge in [0, 0.05) is 6.04 Å². The van der Waals surface area contributed by atoms with Gasteiger partial charge in [-0.2, -0.15) is 0 Å². The lowest BCUT2D eigenvalue weighted by atomic mass is 9.97. The van der Waals surface area contributed by atoms with Gasteiger partial charge in [-0.25, -0.2) is 4.39 Å². The molecule has 0 aliphatic heterocycles. The summed E-state index contributed by atoms with van der Waals surface area (Å²) >= 11 is 5.66. The Balaban J connectivity index is 2.82. The lowest BCUT2D eigenvalue weighted by molar-refractivity contribution is 0.480. The van der Waals surface area contributed by atoms with Crippen molar-refractivity contribution in [3.05, 3.63) is 34.6 Å². The van der Waals surface area contributed by atoms with Crippen molar-refractivity contribution in [1.29, 1.82) is 0 Å². The molecule has 2 N–H and O–H groups in total. The number of rotatable bonds is 3. The fourth-order valence-electron chi connectivity index (χ4n) is 1.20. The highest BCUT2D eigenvalue weighted by Gasteiger charge is 2.12. The Morgan fingerprint density at radius 1 is 1.43 bits per heavy atom. The second-order valence-corrected chi connectivity index (χ2v) is 4.23. The lowest BCUT2D eigenvalue weighted by Gasteiger charge is -2.15. The number of hydrogen-bond acceptors (Lipinski definition) is 1. The lowest BCUT2D eigenvalue weighted by Crippen LogP contribution is -2.29. The highest BCUT2D eigenvalue weighted by Crippen LogP contribution is 2.19. The van der Waals surface area contributed by atoms with Crippen LogP contribution in [0.1, 0.15) is 19.4 Å². The van der Waals surface area contributed by atoms with E-state index in [0.29, 0.717) is 17.9 Å².